The van der Waals surface area contributed by atoms with E-state index in [1.807, 2.05) is 0 Å². The zero-order valence-electron chi connectivity index (χ0n) is 11.7. The Bertz CT molecular complexity index is 644. The number of rotatable bonds is 3. The number of methoxy groups -OCH3 is 1. The van der Waals surface area contributed by atoms with Crippen LogP contribution in [0, 0.1) is 0 Å². The molecule has 0 aliphatic carbocycles. The predicted octanol–water partition coefficient (Wildman–Crippen LogP) is 0.201. The van der Waals surface area contributed by atoms with E-state index in [2.05, 4.69) is 4.74 Å². The van der Waals surface area contributed by atoms with E-state index in [1.165, 1.54) is 29.6 Å². The highest BCUT2D eigenvalue weighted by molar-refractivity contribution is 7.89. The molecular weight excluding hydrogens is 296 g/mol. The number of anilines is 1. The smallest absolute Gasteiger partial charge is 0.337 e. The lowest BCUT2D eigenvalue weighted by Gasteiger charge is -2.29. The molecule has 0 bridgehead atoms. The Kier molecular flexibility index (Phi) is 4.50. The average Bonchev–Trinajstić information content (AvgIpc) is 2.46. The number of piperidine rings is 1. The molecule has 0 spiro atoms. The van der Waals surface area contributed by atoms with Crippen molar-refractivity contribution in [2.24, 2.45) is 0 Å². The lowest BCUT2D eigenvalue weighted by Crippen LogP contribution is -2.42. The number of aliphatic hydroxyl groups is 1. The first-order chi connectivity index (χ1) is 9.86. The van der Waals surface area contributed by atoms with E-state index < -0.39 is 22.1 Å². The lowest BCUT2D eigenvalue weighted by molar-refractivity contribution is 0.0600. The molecule has 1 saturated heterocycles. The van der Waals surface area contributed by atoms with E-state index in [-0.39, 0.29) is 22.7 Å². The Morgan fingerprint density at radius 1 is 1.48 bits per heavy atom. The minimum atomic E-state index is -3.78. The molecule has 0 radical (unpaired) electrons. The first kappa shape index (κ1) is 15.7. The molecule has 1 unspecified atom stereocenters. The minimum Gasteiger partial charge on any atom is -0.465 e. The summed E-state index contributed by atoms with van der Waals surface area (Å²) < 4.78 is 30.8. The summed E-state index contributed by atoms with van der Waals surface area (Å²) in [5, 5.41) is 9.61. The maximum Gasteiger partial charge on any atom is 0.337 e. The number of sulfonamides is 1. The molecule has 116 valence electrons. The summed E-state index contributed by atoms with van der Waals surface area (Å²) >= 11 is 0. The van der Waals surface area contributed by atoms with Gasteiger partial charge in [-0.1, -0.05) is 0 Å². The summed E-state index contributed by atoms with van der Waals surface area (Å²) in [6.07, 6.45) is 0.521. The van der Waals surface area contributed by atoms with Gasteiger partial charge in [0.2, 0.25) is 10.0 Å². The zero-order chi connectivity index (χ0) is 15.6. The fraction of sp³-hybridized carbons (Fsp3) is 0.462. The van der Waals surface area contributed by atoms with Gasteiger partial charge in [-0.3, -0.25) is 0 Å². The van der Waals surface area contributed by atoms with Crippen LogP contribution in [-0.2, 0) is 14.8 Å². The van der Waals surface area contributed by atoms with Gasteiger partial charge in [0.15, 0.2) is 0 Å². The topological polar surface area (TPSA) is 110 Å². The molecule has 1 aromatic rings. The van der Waals surface area contributed by atoms with Gasteiger partial charge in [-0.2, -0.15) is 4.31 Å². The van der Waals surface area contributed by atoms with Gasteiger partial charge < -0.3 is 15.6 Å². The van der Waals surface area contributed by atoms with E-state index in [4.69, 9.17) is 5.73 Å². The molecule has 1 fully saturated rings. The number of hydrogen-bond acceptors (Lipinski definition) is 6. The number of ether oxygens (including phenoxy) is 1. The Labute approximate surface area is 123 Å². The van der Waals surface area contributed by atoms with Crippen LogP contribution in [0.3, 0.4) is 0 Å². The summed E-state index contributed by atoms with van der Waals surface area (Å²) in [5.74, 6) is -0.584. The fourth-order valence-corrected chi connectivity index (χ4v) is 3.92. The van der Waals surface area contributed by atoms with Crippen molar-refractivity contribution in [3.8, 4) is 0 Å². The molecule has 1 heterocycles. The van der Waals surface area contributed by atoms with Gasteiger partial charge in [0.1, 0.15) is 4.90 Å². The second kappa shape index (κ2) is 6.00. The van der Waals surface area contributed by atoms with Gasteiger partial charge in [-0.25, -0.2) is 13.2 Å². The standard InChI is InChI=1S/C13H18N2O5S/c1-20-13(17)9-4-5-12(11(14)7-9)21(18,19)15-6-2-3-10(16)8-15/h4-5,7,10,16H,2-3,6,8,14H2,1H3. The number of nitrogens with two attached hydrogens (primary N) is 1. The van der Waals surface area contributed by atoms with Crippen LogP contribution in [0.4, 0.5) is 5.69 Å². The number of benzene rings is 1. The molecule has 0 saturated carbocycles. The van der Waals surface area contributed by atoms with Crippen molar-refractivity contribution in [3.63, 3.8) is 0 Å². The molecule has 0 aromatic heterocycles. The van der Waals surface area contributed by atoms with Crippen LogP contribution < -0.4 is 5.73 Å². The number of nitrogens with zero attached hydrogens (tertiary/aromatic N) is 1. The van der Waals surface area contributed by atoms with Crippen LogP contribution in [0.2, 0.25) is 0 Å². The van der Waals surface area contributed by atoms with Crippen molar-refractivity contribution in [2.45, 2.75) is 23.8 Å². The van der Waals surface area contributed by atoms with E-state index in [0.29, 0.717) is 19.4 Å². The molecule has 7 nitrogen and oxygen atoms in total. The summed E-state index contributed by atoms with van der Waals surface area (Å²) in [4.78, 5) is 11.3. The third kappa shape index (κ3) is 3.17. The van der Waals surface area contributed by atoms with E-state index in [1.54, 1.807) is 0 Å². The number of aliphatic hydroxyl groups excluding tert-OH is 1. The van der Waals surface area contributed by atoms with Crippen molar-refractivity contribution in [2.75, 3.05) is 25.9 Å². The number of carbonyl (C=O) groups excluding carboxylic acids is 1. The third-order valence-corrected chi connectivity index (χ3v) is 5.35. The predicted molar refractivity (Wildman–Crippen MR) is 76.2 cm³/mol. The molecule has 3 N–H and O–H groups in total. The number of hydrogen-bond donors (Lipinski definition) is 2. The number of esters is 1. The van der Waals surface area contributed by atoms with Crippen LogP contribution in [0.15, 0.2) is 23.1 Å². The normalized spacial score (nSPS) is 20.2. The Morgan fingerprint density at radius 2 is 2.19 bits per heavy atom. The molecule has 1 aromatic carbocycles. The van der Waals surface area contributed by atoms with Crippen molar-refractivity contribution in [1.82, 2.24) is 4.31 Å². The number of carbonyl (C=O) groups is 1. The molecule has 8 heteroatoms. The summed E-state index contributed by atoms with van der Waals surface area (Å²) in [5.41, 5.74) is 5.94. The van der Waals surface area contributed by atoms with E-state index in [0.717, 1.165) is 0 Å². The lowest BCUT2D eigenvalue weighted by atomic mass is 10.1. The van der Waals surface area contributed by atoms with Crippen LogP contribution in [0.25, 0.3) is 0 Å². The summed E-state index contributed by atoms with van der Waals surface area (Å²) in [6, 6.07) is 3.92. The first-order valence-corrected chi connectivity index (χ1v) is 7.96. The molecule has 0 amide bonds. The van der Waals surface area contributed by atoms with Crippen LogP contribution in [0.5, 0.6) is 0 Å². The first-order valence-electron chi connectivity index (χ1n) is 6.52. The summed E-state index contributed by atoms with van der Waals surface area (Å²) in [7, 11) is -2.54. The van der Waals surface area contributed by atoms with Crippen molar-refractivity contribution in [1.29, 1.82) is 0 Å². The van der Waals surface area contributed by atoms with Gasteiger partial charge in [0, 0.05) is 13.1 Å². The van der Waals surface area contributed by atoms with Gasteiger partial charge in [0.05, 0.1) is 24.5 Å². The highest BCUT2D eigenvalue weighted by Gasteiger charge is 2.31. The van der Waals surface area contributed by atoms with Crippen molar-refractivity contribution in [3.05, 3.63) is 23.8 Å². The molecular formula is C13H18N2O5S. The molecule has 1 atom stereocenters. The molecule has 1 aliphatic heterocycles. The van der Waals surface area contributed by atoms with Gasteiger partial charge >= 0.3 is 5.97 Å². The van der Waals surface area contributed by atoms with Crippen molar-refractivity contribution >= 4 is 21.7 Å². The van der Waals surface area contributed by atoms with Gasteiger partial charge in [-0.05, 0) is 31.0 Å². The molecule has 2 rings (SSSR count). The van der Waals surface area contributed by atoms with Gasteiger partial charge in [0.25, 0.3) is 0 Å². The molecule has 1 aliphatic rings. The zero-order valence-corrected chi connectivity index (χ0v) is 12.5. The SMILES string of the molecule is COC(=O)c1ccc(S(=O)(=O)N2CCCC(O)C2)c(N)c1. The summed E-state index contributed by atoms with van der Waals surface area (Å²) in [6.45, 7) is 0.401. The average molecular weight is 314 g/mol. The highest BCUT2D eigenvalue weighted by Crippen LogP contribution is 2.26. The largest absolute Gasteiger partial charge is 0.465 e. The maximum atomic E-state index is 12.5. The molecule has 21 heavy (non-hydrogen) atoms. The second-order valence-electron chi connectivity index (χ2n) is 4.90. The van der Waals surface area contributed by atoms with E-state index >= 15 is 0 Å². The third-order valence-electron chi connectivity index (χ3n) is 3.41. The maximum absolute atomic E-state index is 12.5. The second-order valence-corrected chi connectivity index (χ2v) is 6.81. The monoisotopic (exact) mass is 314 g/mol. The Hall–Kier alpha value is -1.64. The Balaban J connectivity index is 2.34. The highest BCUT2D eigenvalue weighted by atomic mass is 32.2. The van der Waals surface area contributed by atoms with Crippen LogP contribution >= 0.6 is 0 Å². The minimum absolute atomic E-state index is 0.0158. The number of nitrogen functional groups attached to an aromatic ring is 1. The number of β-amino-alcohol motifs (C(OH)–C–C–N with tert-alkyl or cyclic N) is 1. The quantitative estimate of drug-likeness (QED) is 0.609. The van der Waals surface area contributed by atoms with Gasteiger partial charge in [-0.15, -0.1) is 0 Å². The van der Waals surface area contributed by atoms with Crippen LogP contribution in [-0.4, -0.2) is 50.1 Å². The van der Waals surface area contributed by atoms with Crippen molar-refractivity contribution < 1.29 is 23.1 Å². The van der Waals surface area contributed by atoms with Crippen LogP contribution in [0.1, 0.15) is 23.2 Å². The Morgan fingerprint density at radius 3 is 2.76 bits per heavy atom. The fourth-order valence-electron chi connectivity index (χ4n) is 2.31. The van der Waals surface area contributed by atoms with E-state index in [9.17, 15) is 18.3 Å².